The summed E-state index contributed by atoms with van der Waals surface area (Å²) in [5, 5.41) is 0. The van der Waals surface area contributed by atoms with Gasteiger partial charge in [-0.25, -0.2) is 0 Å². The fourth-order valence-electron chi connectivity index (χ4n) is 2.67. The van der Waals surface area contributed by atoms with E-state index in [4.69, 9.17) is 5.73 Å². The number of hydrogen-bond donors (Lipinski definition) is 1. The normalized spacial score (nSPS) is 20.3. The highest BCUT2D eigenvalue weighted by Gasteiger charge is 2.42. The van der Waals surface area contributed by atoms with Crippen LogP contribution in [0.4, 0.5) is 32.0 Å². The first-order valence-corrected chi connectivity index (χ1v) is 6.84. The van der Waals surface area contributed by atoms with Gasteiger partial charge in [0.1, 0.15) is 0 Å². The first kappa shape index (κ1) is 16.9. The van der Waals surface area contributed by atoms with Crippen molar-refractivity contribution in [1.82, 2.24) is 0 Å². The van der Waals surface area contributed by atoms with E-state index in [0.717, 1.165) is 12.1 Å². The Hall–Kier alpha value is -1.44. The van der Waals surface area contributed by atoms with E-state index >= 15 is 0 Å². The van der Waals surface area contributed by atoms with Crippen LogP contribution < -0.4 is 10.6 Å². The van der Waals surface area contributed by atoms with Gasteiger partial charge in [-0.1, -0.05) is 6.07 Å². The Morgan fingerprint density at radius 3 is 2.36 bits per heavy atom. The highest BCUT2D eigenvalue weighted by Crippen LogP contribution is 2.38. The van der Waals surface area contributed by atoms with Crippen LogP contribution in [0.1, 0.15) is 24.0 Å². The third-order valence-corrected chi connectivity index (χ3v) is 3.86. The summed E-state index contributed by atoms with van der Waals surface area (Å²) in [7, 11) is 0. The minimum atomic E-state index is -4.54. The maximum atomic E-state index is 12.8. The van der Waals surface area contributed by atoms with Crippen molar-refractivity contribution in [1.29, 1.82) is 0 Å². The fourth-order valence-corrected chi connectivity index (χ4v) is 2.67. The molecule has 1 heterocycles. The molecule has 1 atom stereocenters. The maximum Gasteiger partial charge on any atom is 0.416 e. The molecule has 0 radical (unpaired) electrons. The predicted molar refractivity (Wildman–Crippen MR) is 70.3 cm³/mol. The quantitative estimate of drug-likeness (QED) is 0.834. The maximum absolute atomic E-state index is 12.8. The zero-order valence-electron chi connectivity index (χ0n) is 11.6. The van der Waals surface area contributed by atoms with Crippen molar-refractivity contribution < 1.29 is 26.3 Å². The Labute approximate surface area is 123 Å². The van der Waals surface area contributed by atoms with Gasteiger partial charge < -0.3 is 10.6 Å². The van der Waals surface area contributed by atoms with E-state index in [-0.39, 0.29) is 31.6 Å². The van der Waals surface area contributed by atoms with Crippen LogP contribution >= 0.6 is 0 Å². The molecule has 22 heavy (non-hydrogen) atoms. The molecule has 0 aromatic heterocycles. The Kier molecular flexibility index (Phi) is 4.60. The van der Waals surface area contributed by atoms with E-state index < -0.39 is 23.8 Å². The number of benzene rings is 1. The zero-order chi connectivity index (χ0) is 16.5. The molecule has 2 nitrogen and oxygen atoms in total. The number of rotatable bonds is 2. The van der Waals surface area contributed by atoms with Gasteiger partial charge in [-0.2, -0.15) is 26.3 Å². The summed E-state index contributed by atoms with van der Waals surface area (Å²) in [4.78, 5) is 1.36. The van der Waals surface area contributed by atoms with Gasteiger partial charge in [0.15, 0.2) is 0 Å². The van der Waals surface area contributed by atoms with Crippen molar-refractivity contribution in [3.8, 4) is 0 Å². The molecule has 0 aliphatic carbocycles. The SMILES string of the molecule is NCc1ccc(C(F)(F)F)cc1N1CCCC(C(F)(F)F)C1. The van der Waals surface area contributed by atoms with Gasteiger partial charge in [0.2, 0.25) is 0 Å². The molecule has 1 aromatic carbocycles. The molecule has 8 heteroatoms. The van der Waals surface area contributed by atoms with E-state index in [0.29, 0.717) is 12.1 Å². The molecule has 1 saturated heterocycles. The summed E-state index contributed by atoms with van der Waals surface area (Å²) in [6.45, 7) is -0.0701. The smallest absolute Gasteiger partial charge is 0.371 e. The molecule has 0 spiro atoms. The Balaban J connectivity index is 2.33. The average molecular weight is 326 g/mol. The molecule has 0 bridgehead atoms. The van der Waals surface area contributed by atoms with E-state index in [1.54, 1.807) is 0 Å². The van der Waals surface area contributed by atoms with Crippen LogP contribution in [0.15, 0.2) is 18.2 Å². The molecule has 0 amide bonds. The monoisotopic (exact) mass is 326 g/mol. The molecule has 1 aliphatic heterocycles. The summed E-state index contributed by atoms with van der Waals surface area (Å²) >= 11 is 0. The lowest BCUT2D eigenvalue weighted by Crippen LogP contribution is -2.42. The number of anilines is 1. The molecule has 1 aliphatic rings. The molecule has 1 unspecified atom stereocenters. The molecule has 124 valence electrons. The van der Waals surface area contributed by atoms with Crippen LogP contribution in [0.3, 0.4) is 0 Å². The molecule has 2 N–H and O–H groups in total. The van der Waals surface area contributed by atoms with Gasteiger partial charge in [0.05, 0.1) is 11.5 Å². The summed E-state index contributed by atoms with van der Waals surface area (Å²) in [6.07, 6.45) is -8.61. The minimum absolute atomic E-state index is 0.00306. The Bertz CT molecular complexity index is 523. The van der Waals surface area contributed by atoms with Crippen LogP contribution in [0, 0.1) is 5.92 Å². The molecule has 1 aromatic rings. The zero-order valence-corrected chi connectivity index (χ0v) is 11.6. The minimum Gasteiger partial charge on any atom is -0.371 e. The predicted octanol–water partition coefficient (Wildman–Crippen LogP) is 3.94. The molecule has 1 fully saturated rings. The van der Waals surface area contributed by atoms with Crippen LogP contribution in [0.2, 0.25) is 0 Å². The second kappa shape index (κ2) is 5.98. The van der Waals surface area contributed by atoms with E-state index in [2.05, 4.69) is 0 Å². The lowest BCUT2D eigenvalue weighted by Gasteiger charge is -2.36. The highest BCUT2D eigenvalue weighted by atomic mass is 19.4. The highest BCUT2D eigenvalue weighted by molar-refractivity contribution is 5.56. The second-order valence-corrected chi connectivity index (χ2v) is 5.37. The topological polar surface area (TPSA) is 29.3 Å². The van der Waals surface area contributed by atoms with E-state index in [1.165, 1.54) is 11.0 Å². The summed E-state index contributed by atoms with van der Waals surface area (Å²) < 4.78 is 77.0. The summed E-state index contributed by atoms with van der Waals surface area (Å²) in [5.41, 5.74) is 5.18. The van der Waals surface area contributed by atoms with Crippen molar-refractivity contribution in [3.63, 3.8) is 0 Å². The number of hydrogen-bond acceptors (Lipinski definition) is 2. The van der Waals surface area contributed by atoms with Crippen LogP contribution in [0.5, 0.6) is 0 Å². The number of piperidine rings is 1. The fraction of sp³-hybridized carbons (Fsp3) is 0.571. The Morgan fingerprint density at radius 1 is 1.14 bits per heavy atom. The summed E-state index contributed by atoms with van der Waals surface area (Å²) in [6, 6.07) is 3.02. The standard InChI is InChI=1S/C14H16F6N2/c15-13(16,17)10-4-3-9(7-21)12(6-10)22-5-1-2-11(8-22)14(18,19)20/h3-4,6,11H,1-2,5,7-8,21H2. The lowest BCUT2D eigenvalue weighted by atomic mass is 9.96. The van der Waals surface area contributed by atoms with Gasteiger partial charge in [0.25, 0.3) is 0 Å². The molecular weight excluding hydrogens is 310 g/mol. The average Bonchev–Trinajstić information content (AvgIpc) is 2.45. The first-order chi connectivity index (χ1) is 10.1. The third kappa shape index (κ3) is 3.66. The lowest BCUT2D eigenvalue weighted by molar-refractivity contribution is -0.176. The molecular formula is C14H16F6N2. The van der Waals surface area contributed by atoms with E-state index in [9.17, 15) is 26.3 Å². The molecule has 0 saturated carbocycles. The van der Waals surface area contributed by atoms with Gasteiger partial charge in [-0.05, 0) is 30.5 Å². The van der Waals surface area contributed by atoms with Crippen molar-refractivity contribution >= 4 is 5.69 Å². The van der Waals surface area contributed by atoms with Gasteiger partial charge in [-0.15, -0.1) is 0 Å². The van der Waals surface area contributed by atoms with Crippen molar-refractivity contribution in [2.24, 2.45) is 11.7 Å². The van der Waals surface area contributed by atoms with Gasteiger partial charge in [-0.3, -0.25) is 0 Å². The largest absolute Gasteiger partial charge is 0.416 e. The van der Waals surface area contributed by atoms with Crippen LogP contribution in [0.25, 0.3) is 0 Å². The first-order valence-electron chi connectivity index (χ1n) is 6.84. The van der Waals surface area contributed by atoms with Crippen molar-refractivity contribution in [2.45, 2.75) is 31.7 Å². The second-order valence-electron chi connectivity index (χ2n) is 5.37. The number of nitrogens with two attached hydrogens (primary N) is 1. The Morgan fingerprint density at radius 2 is 1.82 bits per heavy atom. The number of halogens is 6. The third-order valence-electron chi connectivity index (χ3n) is 3.86. The van der Waals surface area contributed by atoms with Crippen LogP contribution in [-0.4, -0.2) is 19.3 Å². The van der Waals surface area contributed by atoms with Gasteiger partial charge >= 0.3 is 12.4 Å². The summed E-state index contributed by atoms with van der Waals surface area (Å²) in [5.74, 6) is -1.53. The van der Waals surface area contributed by atoms with Crippen molar-refractivity contribution in [2.75, 3.05) is 18.0 Å². The number of nitrogens with zero attached hydrogens (tertiary/aromatic N) is 1. The molecule has 2 rings (SSSR count). The number of alkyl halides is 6. The van der Waals surface area contributed by atoms with E-state index in [1.807, 2.05) is 0 Å². The van der Waals surface area contributed by atoms with Gasteiger partial charge in [0, 0.05) is 25.3 Å². The van der Waals surface area contributed by atoms with Crippen molar-refractivity contribution in [3.05, 3.63) is 29.3 Å². The van der Waals surface area contributed by atoms with Crippen LogP contribution in [-0.2, 0) is 12.7 Å².